The first-order valence-corrected chi connectivity index (χ1v) is 5.88. The van der Waals surface area contributed by atoms with Crippen LogP contribution in [0.2, 0.25) is 0 Å². The molecule has 0 aliphatic heterocycles. The molecule has 18 heavy (non-hydrogen) atoms. The molecule has 0 bridgehead atoms. The lowest BCUT2D eigenvalue weighted by Crippen LogP contribution is -2.37. The van der Waals surface area contributed by atoms with Gasteiger partial charge in [0.15, 0.2) is 0 Å². The molecule has 0 radical (unpaired) electrons. The molecule has 6 heteroatoms. The Labute approximate surface area is 107 Å². The number of rotatable bonds is 6. The van der Waals surface area contributed by atoms with Gasteiger partial charge < -0.3 is 9.26 Å². The van der Waals surface area contributed by atoms with Crippen LogP contribution in [-0.2, 0) is 16.0 Å². The van der Waals surface area contributed by atoms with Crippen LogP contribution < -0.4 is 5.32 Å². The number of hydrogen-bond acceptors (Lipinski definition) is 5. The average molecular weight is 255 g/mol. The zero-order chi connectivity index (χ0) is 13.7. The third-order valence-corrected chi connectivity index (χ3v) is 2.93. The normalized spacial score (nSPS) is 12.8. The molecule has 0 fully saturated rings. The van der Waals surface area contributed by atoms with E-state index in [1.165, 1.54) is 0 Å². The first-order valence-electron chi connectivity index (χ1n) is 5.88. The van der Waals surface area contributed by atoms with Crippen LogP contribution in [0, 0.1) is 6.92 Å². The number of hydrogen-bond donors (Lipinski definition) is 1. The second kappa shape index (κ2) is 6.51. The molecule has 0 saturated carbocycles. The van der Waals surface area contributed by atoms with Crippen LogP contribution in [0.3, 0.4) is 0 Å². The van der Waals surface area contributed by atoms with Crippen LogP contribution in [0.15, 0.2) is 4.52 Å². The summed E-state index contributed by atoms with van der Waals surface area (Å²) in [5, 5.41) is 6.62. The number of aromatic nitrogens is 1. The summed E-state index contributed by atoms with van der Waals surface area (Å²) in [4.78, 5) is 13.7. The van der Waals surface area contributed by atoms with E-state index >= 15 is 0 Å². The molecule has 1 atom stereocenters. The summed E-state index contributed by atoms with van der Waals surface area (Å²) in [7, 11) is 5.33. The molecule has 0 aliphatic carbocycles. The predicted octanol–water partition coefficient (Wildman–Crippen LogP) is 1.06. The highest BCUT2D eigenvalue weighted by atomic mass is 16.5. The van der Waals surface area contributed by atoms with Crippen molar-refractivity contribution in [2.75, 3.05) is 33.1 Å². The van der Waals surface area contributed by atoms with E-state index in [0.29, 0.717) is 18.9 Å². The first kappa shape index (κ1) is 14.7. The molecule has 0 saturated heterocycles. The van der Waals surface area contributed by atoms with Crippen LogP contribution in [-0.4, -0.2) is 49.8 Å². The molecule has 0 aliphatic rings. The highest BCUT2D eigenvalue weighted by molar-refractivity contribution is 5.93. The quantitative estimate of drug-likeness (QED) is 0.823. The van der Waals surface area contributed by atoms with Crippen LogP contribution in [0.4, 0.5) is 5.88 Å². The molecule has 1 N–H and O–H groups in total. The van der Waals surface area contributed by atoms with Crippen molar-refractivity contribution >= 4 is 11.8 Å². The summed E-state index contributed by atoms with van der Waals surface area (Å²) in [5.41, 5.74) is 1.66. The third kappa shape index (κ3) is 3.54. The maximum absolute atomic E-state index is 11.9. The fraction of sp³-hybridized carbons (Fsp3) is 0.667. The molecule has 6 nitrogen and oxygen atoms in total. The van der Waals surface area contributed by atoms with E-state index in [4.69, 9.17) is 9.26 Å². The predicted molar refractivity (Wildman–Crippen MR) is 68.6 cm³/mol. The van der Waals surface area contributed by atoms with Crippen molar-refractivity contribution in [2.24, 2.45) is 0 Å². The van der Waals surface area contributed by atoms with E-state index in [1.807, 2.05) is 32.8 Å². The van der Waals surface area contributed by atoms with Gasteiger partial charge in [0.2, 0.25) is 11.8 Å². The van der Waals surface area contributed by atoms with Crippen LogP contribution in [0.1, 0.15) is 18.2 Å². The minimum absolute atomic E-state index is 0.116. The molecule has 1 heterocycles. The smallest absolute Gasteiger partial charge is 0.243 e. The monoisotopic (exact) mass is 255 g/mol. The molecular weight excluding hydrogens is 234 g/mol. The summed E-state index contributed by atoms with van der Waals surface area (Å²) in [6.07, 6.45) is 0.664. The van der Waals surface area contributed by atoms with E-state index in [2.05, 4.69) is 10.5 Å². The summed E-state index contributed by atoms with van der Waals surface area (Å²) in [5.74, 6) is 0.304. The number of carbonyl (C=O) groups excluding carboxylic acids is 1. The number of nitrogens with zero attached hydrogens (tertiary/aromatic N) is 2. The molecule has 0 spiro atoms. The second-order valence-corrected chi connectivity index (χ2v) is 4.45. The molecule has 1 rings (SSSR count). The van der Waals surface area contributed by atoms with Gasteiger partial charge in [-0.2, -0.15) is 0 Å². The molecule has 102 valence electrons. The second-order valence-electron chi connectivity index (χ2n) is 4.45. The minimum Gasteiger partial charge on any atom is -0.384 e. The fourth-order valence-corrected chi connectivity index (χ4v) is 1.44. The lowest BCUT2D eigenvalue weighted by Gasteiger charge is -2.18. The maximum Gasteiger partial charge on any atom is 0.243 e. The largest absolute Gasteiger partial charge is 0.384 e. The van der Waals surface area contributed by atoms with Crippen LogP contribution in [0.5, 0.6) is 0 Å². The van der Waals surface area contributed by atoms with Crippen molar-refractivity contribution in [3.05, 3.63) is 11.3 Å². The van der Waals surface area contributed by atoms with Gasteiger partial charge in [0.25, 0.3) is 0 Å². The van der Waals surface area contributed by atoms with Gasteiger partial charge in [-0.25, -0.2) is 0 Å². The molecule has 1 amide bonds. The molecule has 1 aromatic heterocycles. The van der Waals surface area contributed by atoms with Gasteiger partial charge in [-0.15, -0.1) is 0 Å². The third-order valence-electron chi connectivity index (χ3n) is 2.93. The van der Waals surface area contributed by atoms with Gasteiger partial charge in [0.05, 0.1) is 18.3 Å². The Bertz CT molecular complexity index is 401. The van der Waals surface area contributed by atoms with Crippen molar-refractivity contribution in [1.29, 1.82) is 0 Å². The summed E-state index contributed by atoms with van der Waals surface area (Å²) < 4.78 is 10.2. The number of methoxy groups -OCH3 is 1. The van der Waals surface area contributed by atoms with Crippen LogP contribution >= 0.6 is 0 Å². The van der Waals surface area contributed by atoms with Gasteiger partial charge in [-0.1, -0.05) is 5.16 Å². The number of likely N-dealkylation sites (N-methyl/N-ethyl adjacent to an activating group) is 1. The van der Waals surface area contributed by atoms with Crippen molar-refractivity contribution in [3.63, 3.8) is 0 Å². The minimum atomic E-state index is -0.231. The SMILES string of the molecule is COCCc1c(C)noc1NC(=O)C(C)N(C)C. The standard InChI is InChI=1S/C12H21N3O3/c1-8-10(6-7-17-5)12(18-14-8)13-11(16)9(2)15(3)4/h9H,6-7H2,1-5H3,(H,13,16). The highest BCUT2D eigenvalue weighted by Crippen LogP contribution is 2.20. The number of carbonyl (C=O) groups is 1. The Morgan fingerprint density at radius 3 is 2.78 bits per heavy atom. The summed E-state index contributed by atoms with van der Waals surface area (Å²) in [6.45, 7) is 4.24. The number of amides is 1. The Kier molecular flexibility index (Phi) is 5.30. The van der Waals surface area contributed by atoms with E-state index < -0.39 is 0 Å². The van der Waals surface area contributed by atoms with Gasteiger partial charge >= 0.3 is 0 Å². The van der Waals surface area contributed by atoms with Crippen molar-refractivity contribution in [1.82, 2.24) is 10.1 Å². The first-order chi connectivity index (χ1) is 8.47. The molecule has 0 aromatic carbocycles. The Hall–Kier alpha value is -1.40. The molecular formula is C12H21N3O3. The Balaban J connectivity index is 2.75. The van der Waals surface area contributed by atoms with E-state index in [0.717, 1.165) is 11.3 Å². The van der Waals surface area contributed by atoms with E-state index in [1.54, 1.807) is 7.11 Å². The van der Waals surface area contributed by atoms with Crippen molar-refractivity contribution < 1.29 is 14.1 Å². The molecule has 1 aromatic rings. The number of ether oxygens (including phenoxy) is 1. The Morgan fingerprint density at radius 1 is 1.56 bits per heavy atom. The lowest BCUT2D eigenvalue weighted by atomic mass is 10.2. The van der Waals surface area contributed by atoms with Crippen molar-refractivity contribution in [3.8, 4) is 0 Å². The number of anilines is 1. The van der Waals surface area contributed by atoms with Gasteiger partial charge in [0.1, 0.15) is 0 Å². The van der Waals surface area contributed by atoms with E-state index in [9.17, 15) is 4.79 Å². The highest BCUT2D eigenvalue weighted by Gasteiger charge is 2.20. The molecule has 1 unspecified atom stereocenters. The summed E-state index contributed by atoms with van der Waals surface area (Å²) >= 11 is 0. The maximum atomic E-state index is 11.9. The number of aryl methyl sites for hydroxylation is 1. The van der Waals surface area contributed by atoms with Crippen LogP contribution in [0.25, 0.3) is 0 Å². The van der Waals surface area contributed by atoms with E-state index in [-0.39, 0.29) is 11.9 Å². The Morgan fingerprint density at radius 2 is 2.22 bits per heavy atom. The summed E-state index contributed by atoms with van der Waals surface area (Å²) in [6, 6.07) is -0.231. The zero-order valence-corrected chi connectivity index (χ0v) is 11.6. The van der Waals surface area contributed by atoms with Gasteiger partial charge in [-0.3, -0.25) is 15.0 Å². The average Bonchev–Trinajstić information content (AvgIpc) is 2.66. The van der Waals surface area contributed by atoms with Gasteiger partial charge in [0, 0.05) is 19.1 Å². The van der Waals surface area contributed by atoms with Gasteiger partial charge in [-0.05, 0) is 27.9 Å². The fourth-order valence-electron chi connectivity index (χ4n) is 1.44. The topological polar surface area (TPSA) is 67.6 Å². The number of nitrogens with one attached hydrogen (secondary N) is 1. The lowest BCUT2D eigenvalue weighted by molar-refractivity contribution is -0.120. The van der Waals surface area contributed by atoms with Crippen molar-refractivity contribution in [2.45, 2.75) is 26.3 Å². The zero-order valence-electron chi connectivity index (χ0n) is 11.6.